The van der Waals surface area contributed by atoms with E-state index >= 15 is 0 Å². The minimum absolute atomic E-state index is 0.118. The van der Waals surface area contributed by atoms with Gasteiger partial charge in [0.15, 0.2) is 5.11 Å². The Labute approximate surface area is 232 Å². The molecule has 194 valence electrons. The molecule has 3 heterocycles. The molecule has 5 rings (SSSR count). The molecule has 2 aromatic carbocycles. The molecule has 0 radical (unpaired) electrons. The zero-order valence-electron chi connectivity index (χ0n) is 21.5. The van der Waals surface area contributed by atoms with Crippen molar-refractivity contribution in [2.45, 2.75) is 32.9 Å². The molecule has 38 heavy (non-hydrogen) atoms. The molecule has 1 aliphatic heterocycles. The van der Waals surface area contributed by atoms with Crippen LogP contribution in [0.4, 0.5) is 11.4 Å². The lowest BCUT2D eigenvalue weighted by molar-refractivity contribution is -0.114. The lowest BCUT2D eigenvalue weighted by atomic mass is 9.96. The van der Waals surface area contributed by atoms with E-state index < -0.39 is 0 Å². The highest BCUT2D eigenvalue weighted by molar-refractivity contribution is 7.80. The van der Waals surface area contributed by atoms with Gasteiger partial charge in [-0.25, -0.2) is 0 Å². The summed E-state index contributed by atoms with van der Waals surface area (Å²) in [5, 5.41) is 7.56. The number of aryl methyl sites for hydroxylation is 1. The van der Waals surface area contributed by atoms with Gasteiger partial charge in [-0.05, 0) is 92.3 Å². The minimum Gasteiger partial charge on any atom is -0.495 e. The van der Waals surface area contributed by atoms with E-state index in [0.717, 1.165) is 45.5 Å². The topological polar surface area (TPSA) is 71.4 Å². The van der Waals surface area contributed by atoms with E-state index in [1.165, 1.54) is 6.92 Å². The van der Waals surface area contributed by atoms with Gasteiger partial charge in [0, 0.05) is 40.9 Å². The van der Waals surface area contributed by atoms with Crippen molar-refractivity contribution >= 4 is 46.2 Å². The molecule has 2 atom stereocenters. The van der Waals surface area contributed by atoms with E-state index in [4.69, 9.17) is 28.6 Å². The van der Waals surface area contributed by atoms with Crippen LogP contribution in [0, 0.1) is 13.8 Å². The van der Waals surface area contributed by atoms with Gasteiger partial charge < -0.3 is 24.8 Å². The van der Waals surface area contributed by atoms with Crippen LogP contribution in [0.5, 0.6) is 5.75 Å². The summed E-state index contributed by atoms with van der Waals surface area (Å²) >= 11 is 12.3. The van der Waals surface area contributed by atoms with Gasteiger partial charge in [0.25, 0.3) is 0 Å². The maximum atomic E-state index is 11.5. The molecule has 0 saturated carbocycles. The summed E-state index contributed by atoms with van der Waals surface area (Å²) in [7, 11) is 1.66. The van der Waals surface area contributed by atoms with E-state index in [1.807, 2.05) is 60.7 Å². The van der Waals surface area contributed by atoms with E-state index in [-0.39, 0.29) is 18.0 Å². The van der Waals surface area contributed by atoms with E-state index in [2.05, 4.69) is 45.0 Å². The number of anilines is 2. The second kappa shape index (κ2) is 10.5. The SMILES string of the molecule is COc1ccc(Cl)cc1-n1c(C)cc([C@@H]2[C@@H](c3ccccn3)NC(=S)N2c2ccc(NC(C)=O)cc2)c1C. The van der Waals surface area contributed by atoms with Gasteiger partial charge in [0.1, 0.15) is 5.75 Å². The number of ether oxygens (including phenoxy) is 1. The normalized spacial score (nSPS) is 16.9. The number of carbonyl (C=O) groups is 1. The molecule has 4 aromatic rings. The van der Waals surface area contributed by atoms with Gasteiger partial charge in [0.2, 0.25) is 5.91 Å². The van der Waals surface area contributed by atoms with Gasteiger partial charge in [-0.3, -0.25) is 9.78 Å². The van der Waals surface area contributed by atoms with Crippen LogP contribution in [0.2, 0.25) is 5.02 Å². The van der Waals surface area contributed by atoms with Gasteiger partial charge in [-0.1, -0.05) is 17.7 Å². The first kappa shape index (κ1) is 25.8. The fraction of sp³-hybridized carbons (Fsp3) is 0.207. The summed E-state index contributed by atoms with van der Waals surface area (Å²) < 4.78 is 7.83. The number of benzene rings is 2. The Morgan fingerprint density at radius 3 is 2.53 bits per heavy atom. The molecule has 0 spiro atoms. The predicted octanol–water partition coefficient (Wildman–Crippen LogP) is 6.29. The highest BCUT2D eigenvalue weighted by atomic mass is 35.5. The number of methoxy groups -OCH3 is 1. The van der Waals surface area contributed by atoms with Crippen LogP contribution in [-0.4, -0.2) is 27.7 Å². The Bertz CT molecular complexity index is 1500. The molecule has 1 saturated heterocycles. The molecular weight excluding hydrogens is 518 g/mol. The smallest absolute Gasteiger partial charge is 0.221 e. The second-order valence-corrected chi connectivity index (χ2v) is 10.0. The highest BCUT2D eigenvalue weighted by Crippen LogP contribution is 2.44. The molecular formula is C29H28ClN5O2S. The molecule has 1 fully saturated rings. The average Bonchev–Trinajstić information content (AvgIpc) is 3.39. The number of rotatable bonds is 6. The first-order chi connectivity index (χ1) is 18.3. The highest BCUT2D eigenvalue weighted by Gasteiger charge is 2.42. The number of hydrogen-bond donors (Lipinski definition) is 2. The molecule has 0 unspecified atom stereocenters. The molecule has 2 aromatic heterocycles. The number of carbonyl (C=O) groups excluding carboxylic acids is 1. The van der Waals surface area contributed by atoms with Crippen molar-refractivity contribution < 1.29 is 9.53 Å². The summed E-state index contributed by atoms with van der Waals surface area (Å²) in [5.41, 5.74) is 6.57. The van der Waals surface area contributed by atoms with E-state index in [0.29, 0.717) is 10.1 Å². The molecule has 9 heteroatoms. The monoisotopic (exact) mass is 545 g/mol. The van der Waals surface area contributed by atoms with Crippen LogP contribution >= 0.6 is 23.8 Å². The largest absolute Gasteiger partial charge is 0.495 e. The summed E-state index contributed by atoms with van der Waals surface area (Å²) in [6.45, 7) is 5.66. The maximum Gasteiger partial charge on any atom is 0.221 e. The zero-order valence-corrected chi connectivity index (χ0v) is 23.1. The molecule has 7 nitrogen and oxygen atoms in total. The van der Waals surface area contributed by atoms with Crippen LogP contribution in [0.15, 0.2) is 72.9 Å². The van der Waals surface area contributed by atoms with Crippen LogP contribution in [0.1, 0.15) is 41.7 Å². The predicted molar refractivity (Wildman–Crippen MR) is 155 cm³/mol. The van der Waals surface area contributed by atoms with Crippen LogP contribution < -0.4 is 20.3 Å². The zero-order chi connectivity index (χ0) is 27.0. The Balaban J connectivity index is 1.66. The average molecular weight is 546 g/mol. The Kier molecular flexibility index (Phi) is 7.10. The van der Waals surface area contributed by atoms with Crippen LogP contribution in [0.25, 0.3) is 5.69 Å². The molecule has 0 bridgehead atoms. The summed E-state index contributed by atoms with van der Waals surface area (Å²) in [4.78, 5) is 18.3. The Morgan fingerprint density at radius 1 is 1.11 bits per heavy atom. The first-order valence-corrected chi connectivity index (χ1v) is 13.0. The van der Waals surface area contributed by atoms with E-state index in [1.54, 1.807) is 13.3 Å². The fourth-order valence-electron chi connectivity index (χ4n) is 5.15. The Hall–Kier alpha value is -3.88. The number of nitrogens with zero attached hydrogens (tertiary/aromatic N) is 3. The lowest BCUT2D eigenvalue weighted by Gasteiger charge is -2.28. The summed E-state index contributed by atoms with van der Waals surface area (Å²) in [5.74, 6) is 0.614. The van der Waals surface area contributed by atoms with Crippen LogP contribution in [-0.2, 0) is 4.79 Å². The summed E-state index contributed by atoms with van der Waals surface area (Å²) in [6.07, 6.45) is 1.79. The quantitative estimate of drug-likeness (QED) is 0.278. The van der Waals surface area contributed by atoms with Gasteiger partial charge in [0.05, 0.1) is 30.6 Å². The first-order valence-electron chi connectivity index (χ1n) is 12.2. The maximum absolute atomic E-state index is 11.5. The number of nitrogens with one attached hydrogen (secondary N) is 2. The van der Waals surface area contributed by atoms with Gasteiger partial charge in [-0.2, -0.15) is 0 Å². The standard InChI is InChI=1S/C29H28ClN5O2S/c1-17-15-23(18(2)34(17)25-16-20(30)8-13-26(25)37-4)28-27(24-7-5-6-14-31-24)33-29(38)35(28)22-11-9-21(10-12-22)32-19(3)36/h5-16,27-28H,1-4H3,(H,32,36)(H,33,38)/t27-,28-/m1/s1. The molecule has 0 aliphatic carbocycles. The minimum atomic E-state index is -0.186. The number of thiocarbonyl (C=S) groups is 1. The van der Waals surface area contributed by atoms with Crippen molar-refractivity contribution in [3.8, 4) is 11.4 Å². The third-order valence-electron chi connectivity index (χ3n) is 6.73. The van der Waals surface area contributed by atoms with E-state index in [9.17, 15) is 4.79 Å². The Morgan fingerprint density at radius 2 is 1.87 bits per heavy atom. The van der Waals surface area contributed by atoms with Crippen molar-refractivity contribution in [2.24, 2.45) is 0 Å². The molecule has 1 aliphatic rings. The fourth-order valence-corrected chi connectivity index (χ4v) is 5.67. The molecule has 2 N–H and O–H groups in total. The van der Waals surface area contributed by atoms with Crippen molar-refractivity contribution in [3.63, 3.8) is 0 Å². The second-order valence-electron chi connectivity index (χ2n) is 9.20. The third kappa shape index (κ3) is 4.73. The number of amides is 1. The van der Waals surface area contributed by atoms with Crippen molar-refractivity contribution in [2.75, 3.05) is 17.3 Å². The van der Waals surface area contributed by atoms with Crippen molar-refractivity contribution in [1.82, 2.24) is 14.9 Å². The summed E-state index contributed by atoms with van der Waals surface area (Å²) in [6, 6.07) is 21.0. The van der Waals surface area contributed by atoms with Crippen molar-refractivity contribution in [3.05, 3.63) is 101 Å². The third-order valence-corrected chi connectivity index (χ3v) is 7.28. The lowest BCUT2D eigenvalue weighted by Crippen LogP contribution is -2.29. The van der Waals surface area contributed by atoms with Gasteiger partial charge in [-0.15, -0.1) is 0 Å². The van der Waals surface area contributed by atoms with Crippen LogP contribution in [0.3, 0.4) is 0 Å². The number of hydrogen-bond acceptors (Lipinski definition) is 4. The number of aromatic nitrogens is 2. The number of pyridine rings is 1. The number of halogens is 1. The van der Waals surface area contributed by atoms with Gasteiger partial charge >= 0.3 is 0 Å². The van der Waals surface area contributed by atoms with Crippen molar-refractivity contribution in [1.29, 1.82) is 0 Å². The molecule has 1 amide bonds.